The Morgan fingerprint density at radius 1 is 1.25 bits per heavy atom. The van der Waals surface area contributed by atoms with E-state index in [-0.39, 0.29) is 0 Å². The molecule has 24 heavy (non-hydrogen) atoms. The van der Waals surface area contributed by atoms with Crippen molar-refractivity contribution >= 4 is 10.9 Å². The van der Waals surface area contributed by atoms with Crippen LogP contribution < -0.4 is 4.74 Å². The van der Waals surface area contributed by atoms with Crippen LogP contribution >= 0.6 is 0 Å². The Morgan fingerprint density at radius 2 is 2.08 bits per heavy atom. The number of hydrogen-bond acceptors (Lipinski definition) is 3. The highest BCUT2D eigenvalue weighted by atomic mass is 16.5. The minimum atomic E-state index is 0.622. The second-order valence-electron chi connectivity index (χ2n) is 6.70. The molecule has 0 amide bonds. The van der Waals surface area contributed by atoms with Gasteiger partial charge in [-0.15, -0.1) is 0 Å². The monoisotopic (exact) mass is 324 g/mol. The van der Waals surface area contributed by atoms with E-state index in [1.54, 1.807) is 7.11 Å². The number of aromatic nitrogens is 3. The SMILES string of the molecule is COc1ccc2[nH]c(CN3CCC(c4ccn[nH]4)CC3)c(C)c2c1. The summed E-state index contributed by atoms with van der Waals surface area (Å²) in [5.74, 6) is 1.54. The van der Waals surface area contributed by atoms with Crippen LogP contribution in [-0.2, 0) is 6.54 Å². The number of fused-ring (bicyclic) bond motifs is 1. The Bertz CT molecular complexity index is 813. The van der Waals surface area contributed by atoms with Crippen molar-refractivity contribution in [2.45, 2.75) is 32.2 Å². The minimum absolute atomic E-state index is 0.622. The van der Waals surface area contributed by atoms with Gasteiger partial charge in [0.1, 0.15) is 5.75 Å². The summed E-state index contributed by atoms with van der Waals surface area (Å²) in [7, 11) is 1.72. The van der Waals surface area contributed by atoms with Crippen LogP contribution in [0.4, 0.5) is 0 Å². The van der Waals surface area contributed by atoms with Crippen LogP contribution in [0, 0.1) is 6.92 Å². The lowest BCUT2D eigenvalue weighted by Gasteiger charge is -2.31. The number of ether oxygens (including phenoxy) is 1. The zero-order valence-electron chi connectivity index (χ0n) is 14.3. The van der Waals surface area contributed by atoms with Gasteiger partial charge < -0.3 is 9.72 Å². The average molecular weight is 324 g/mol. The van der Waals surface area contributed by atoms with Crippen molar-refractivity contribution in [3.8, 4) is 5.75 Å². The van der Waals surface area contributed by atoms with Crippen LogP contribution in [-0.4, -0.2) is 40.3 Å². The molecule has 2 N–H and O–H groups in total. The molecular weight excluding hydrogens is 300 g/mol. The molecule has 3 aromatic rings. The smallest absolute Gasteiger partial charge is 0.119 e. The number of methoxy groups -OCH3 is 1. The summed E-state index contributed by atoms with van der Waals surface area (Å²) in [6.45, 7) is 5.44. The highest BCUT2D eigenvalue weighted by molar-refractivity contribution is 5.85. The van der Waals surface area contributed by atoms with E-state index in [1.807, 2.05) is 12.3 Å². The predicted octanol–water partition coefficient (Wildman–Crippen LogP) is 3.59. The molecule has 0 radical (unpaired) electrons. The Labute approximate surface area is 142 Å². The van der Waals surface area contributed by atoms with Crippen LogP contribution in [0.25, 0.3) is 10.9 Å². The molecule has 4 rings (SSSR count). The normalized spacial score (nSPS) is 16.8. The predicted molar refractivity (Wildman–Crippen MR) is 95.4 cm³/mol. The minimum Gasteiger partial charge on any atom is -0.497 e. The van der Waals surface area contributed by atoms with Gasteiger partial charge in [0.05, 0.1) is 7.11 Å². The van der Waals surface area contributed by atoms with Crippen molar-refractivity contribution in [2.24, 2.45) is 0 Å². The van der Waals surface area contributed by atoms with Crippen molar-refractivity contribution in [1.82, 2.24) is 20.1 Å². The van der Waals surface area contributed by atoms with E-state index in [1.165, 1.54) is 40.7 Å². The van der Waals surface area contributed by atoms with E-state index in [4.69, 9.17) is 4.74 Å². The third kappa shape index (κ3) is 2.80. The number of benzene rings is 1. The molecule has 1 fully saturated rings. The molecule has 3 heterocycles. The number of hydrogen-bond donors (Lipinski definition) is 2. The van der Waals surface area contributed by atoms with Crippen LogP contribution in [0.3, 0.4) is 0 Å². The van der Waals surface area contributed by atoms with Gasteiger partial charge in [0.25, 0.3) is 0 Å². The molecule has 0 spiro atoms. The second-order valence-corrected chi connectivity index (χ2v) is 6.70. The van der Waals surface area contributed by atoms with Gasteiger partial charge in [0.15, 0.2) is 0 Å². The van der Waals surface area contributed by atoms with Crippen molar-refractivity contribution in [1.29, 1.82) is 0 Å². The van der Waals surface area contributed by atoms with Gasteiger partial charge >= 0.3 is 0 Å². The lowest BCUT2D eigenvalue weighted by atomic mass is 9.93. The quantitative estimate of drug-likeness (QED) is 0.771. The largest absolute Gasteiger partial charge is 0.497 e. The van der Waals surface area contributed by atoms with Crippen molar-refractivity contribution in [3.63, 3.8) is 0 Å². The summed E-state index contributed by atoms with van der Waals surface area (Å²) in [5.41, 5.74) is 5.12. The highest BCUT2D eigenvalue weighted by Crippen LogP contribution is 2.30. The number of nitrogens with zero attached hydrogens (tertiary/aromatic N) is 2. The topological polar surface area (TPSA) is 56.9 Å². The third-order valence-electron chi connectivity index (χ3n) is 5.30. The summed E-state index contributed by atoms with van der Waals surface area (Å²) in [5, 5.41) is 8.46. The highest BCUT2D eigenvalue weighted by Gasteiger charge is 2.22. The van der Waals surface area contributed by atoms with Gasteiger partial charge in [-0.05, 0) is 62.7 Å². The second kappa shape index (κ2) is 6.32. The van der Waals surface area contributed by atoms with E-state index in [9.17, 15) is 0 Å². The maximum atomic E-state index is 5.35. The zero-order chi connectivity index (χ0) is 16.5. The standard InChI is InChI=1S/C19H24N4O/c1-13-16-11-15(24-2)3-4-18(16)21-19(13)12-23-9-6-14(7-10-23)17-5-8-20-22-17/h3-5,8,11,14,21H,6-7,9-10,12H2,1-2H3,(H,20,22). The maximum absolute atomic E-state index is 5.35. The van der Waals surface area contributed by atoms with Crippen LogP contribution in [0.15, 0.2) is 30.5 Å². The number of rotatable bonds is 4. The molecule has 1 aliphatic heterocycles. The van der Waals surface area contributed by atoms with Gasteiger partial charge in [-0.3, -0.25) is 10.00 Å². The van der Waals surface area contributed by atoms with Gasteiger partial charge in [-0.25, -0.2) is 0 Å². The molecule has 2 aromatic heterocycles. The van der Waals surface area contributed by atoms with E-state index in [2.05, 4.69) is 45.2 Å². The third-order valence-corrected chi connectivity index (χ3v) is 5.30. The number of H-pyrrole nitrogens is 2. The summed E-state index contributed by atoms with van der Waals surface area (Å²) >= 11 is 0. The van der Waals surface area contributed by atoms with Crippen LogP contribution in [0.5, 0.6) is 5.75 Å². The fourth-order valence-electron chi connectivity index (χ4n) is 3.77. The summed E-state index contributed by atoms with van der Waals surface area (Å²) in [6, 6.07) is 8.35. The molecule has 5 nitrogen and oxygen atoms in total. The average Bonchev–Trinajstić information content (AvgIpc) is 3.25. The first-order valence-corrected chi connectivity index (χ1v) is 8.61. The van der Waals surface area contributed by atoms with E-state index < -0.39 is 0 Å². The van der Waals surface area contributed by atoms with Gasteiger partial charge in [0, 0.05) is 41.0 Å². The van der Waals surface area contributed by atoms with E-state index in [0.29, 0.717) is 5.92 Å². The molecule has 1 aromatic carbocycles. The molecule has 0 atom stereocenters. The molecule has 0 saturated carbocycles. The molecule has 0 unspecified atom stereocenters. The van der Waals surface area contributed by atoms with Crippen LogP contribution in [0.2, 0.25) is 0 Å². The molecule has 126 valence electrons. The molecular formula is C19H24N4O. The first-order valence-electron chi connectivity index (χ1n) is 8.61. The fourth-order valence-corrected chi connectivity index (χ4v) is 3.77. The number of aryl methyl sites for hydroxylation is 1. The summed E-state index contributed by atoms with van der Waals surface area (Å²) in [6.07, 6.45) is 4.23. The lowest BCUT2D eigenvalue weighted by Crippen LogP contribution is -2.32. The molecule has 5 heteroatoms. The van der Waals surface area contributed by atoms with E-state index >= 15 is 0 Å². The summed E-state index contributed by atoms with van der Waals surface area (Å²) < 4.78 is 5.35. The van der Waals surface area contributed by atoms with Gasteiger partial charge in [-0.2, -0.15) is 5.10 Å². The van der Waals surface area contributed by atoms with Crippen molar-refractivity contribution < 1.29 is 4.74 Å². The molecule has 1 saturated heterocycles. The first kappa shape index (κ1) is 15.3. The van der Waals surface area contributed by atoms with Gasteiger partial charge in [0.2, 0.25) is 0 Å². The van der Waals surface area contributed by atoms with Crippen LogP contribution in [0.1, 0.15) is 35.7 Å². The van der Waals surface area contributed by atoms with Crippen molar-refractivity contribution in [2.75, 3.05) is 20.2 Å². The number of piperidine rings is 1. The number of likely N-dealkylation sites (tertiary alicyclic amines) is 1. The maximum Gasteiger partial charge on any atom is 0.119 e. The fraction of sp³-hybridized carbons (Fsp3) is 0.421. The Morgan fingerprint density at radius 3 is 2.79 bits per heavy atom. The molecule has 0 bridgehead atoms. The van der Waals surface area contributed by atoms with Crippen molar-refractivity contribution in [3.05, 3.63) is 47.4 Å². The Balaban J connectivity index is 1.46. The molecule has 0 aliphatic carbocycles. The van der Waals surface area contributed by atoms with E-state index in [0.717, 1.165) is 25.4 Å². The first-order chi connectivity index (χ1) is 11.7. The number of nitrogens with one attached hydrogen (secondary N) is 2. The van der Waals surface area contributed by atoms with Gasteiger partial charge in [-0.1, -0.05) is 0 Å². The lowest BCUT2D eigenvalue weighted by molar-refractivity contribution is 0.201. The summed E-state index contributed by atoms with van der Waals surface area (Å²) in [4.78, 5) is 6.13. The molecule has 1 aliphatic rings. The Hall–Kier alpha value is -2.27. The number of aromatic amines is 2. The zero-order valence-corrected chi connectivity index (χ0v) is 14.3. The Kier molecular flexibility index (Phi) is 4.02.